The van der Waals surface area contributed by atoms with Gasteiger partial charge in [-0.25, -0.2) is 4.99 Å². The Morgan fingerprint density at radius 2 is 1.84 bits per heavy atom. The van der Waals surface area contributed by atoms with Crippen molar-refractivity contribution in [3.63, 3.8) is 0 Å². The number of benzene rings is 2. The van der Waals surface area contributed by atoms with Crippen molar-refractivity contribution in [1.29, 1.82) is 0 Å². The van der Waals surface area contributed by atoms with Gasteiger partial charge in [-0.05, 0) is 43.3 Å². The van der Waals surface area contributed by atoms with Gasteiger partial charge in [0.1, 0.15) is 0 Å². The van der Waals surface area contributed by atoms with Crippen LogP contribution in [0.2, 0.25) is 0 Å². The number of aryl methyl sites for hydroxylation is 1. The highest BCUT2D eigenvalue weighted by atomic mass is 79.9. The molecule has 4 heteroatoms. The van der Waals surface area contributed by atoms with E-state index < -0.39 is 0 Å². The van der Waals surface area contributed by atoms with Gasteiger partial charge in [-0.1, -0.05) is 27.6 Å². The minimum absolute atomic E-state index is 0.0541. The average molecular weight is 315 g/mol. The second-order valence-electron chi connectivity index (χ2n) is 4.44. The van der Waals surface area contributed by atoms with Crippen molar-refractivity contribution in [2.45, 2.75) is 6.92 Å². The van der Waals surface area contributed by atoms with Crippen LogP contribution in [0.5, 0.6) is 0 Å². The number of fused-ring (bicyclic) bond motifs is 1. The van der Waals surface area contributed by atoms with Gasteiger partial charge < -0.3 is 5.32 Å². The first-order valence-electron chi connectivity index (χ1n) is 5.90. The molecule has 3 rings (SSSR count). The standard InChI is InChI=1S/C15H11BrN2O/c1-9-2-7-13-12(8-9)14(19)15(18-13)17-11-5-3-10(16)4-6-11/h2-8H,1H3,(H,17,18,19). The molecule has 2 aromatic carbocycles. The van der Waals surface area contributed by atoms with Gasteiger partial charge in [-0.3, -0.25) is 4.79 Å². The fourth-order valence-corrected chi connectivity index (χ4v) is 2.25. The predicted molar refractivity (Wildman–Crippen MR) is 80.4 cm³/mol. The summed E-state index contributed by atoms with van der Waals surface area (Å²) < 4.78 is 0.997. The van der Waals surface area contributed by atoms with E-state index >= 15 is 0 Å². The summed E-state index contributed by atoms with van der Waals surface area (Å²) >= 11 is 3.38. The van der Waals surface area contributed by atoms with Gasteiger partial charge >= 0.3 is 0 Å². The van der Waals surface area contributed by atoms with Gasteiger partial charge in [0.2, 0.25) is 5.78 Å². The zero-order valence-electron chi connectivity index (χ0n) is 10.3. The van der Waals surface area contributed by atoms with Crippen LogP contribution < -0.4 is 5.32 Å². The van der Waals surface area contributed by atoms with Crippen LogP contribution in [0.25, 0.3) is 0 Å². The van der Waals surface area contributed by atoms with E-state index in [9.17, 15) is 4.79 Å². The first-order chi connectivity index (χ1) is 9.13. The van der Waals surface area contributed by atoms with Crippen molar-refractivity contribution in [2.24, 2.45) is 4.99 Å². The molecule has 0 radical (unpaired) electrons. The Labute approximate surface area is 119 Å². The average Bonchev–Trinajstić information content (AvgIpc) is 2.70. The van der Waals surface area contributed by atoms with E-state index in [-0.39, 0.29) is 5.78 Å². The molecular formula is C15H11BrN2O. The summed E-state index contributed by atoms with van der Waals surface area (Å²) in [6.07, 6.45) is 0. The molecule has 0 aliphatic carbocycles. The molecule has 1 N–H and O–H groups in total. The first-order valence-corrected chi connectivity index (χ1v) is 6.69. The molecule has 1 aliphatic rings. The van der Waals surface area contributed by atoms with Crippen LogP contribution in [0.4, 0.5) is 11.4 Å². The maximum Gasteiger partial charge on any atom is 0.230 e. The highest BCUT2D eigenvalue weighted by molar-refractivity contribution is 9.10. The zero-order chi connectivity index (χ0) is 13.4. The van der Waals surface area contributed by atoms with Gasteiger partial charge in [0.25, 0.3) is 0 Å². The smallest absolute Gasteiger partial charge is 0.230 e. The van der Waals surface area contributed by atoms with E-state index in [0.29, 0.717) is 11.4 Å². The van der Waals surface area contributed by atoms with Crippen molar-refractivity contribution in [3.05, 3.63) is 58.1 Å². The Hall–Kier alpha value is -1.94. The number of carbonyl (C=O) groups is 1. The van der Waals surface area contributed by atoms with Crippen LogP contribution >= 0.6 is 15.9 Å². The number of aliphatic imine (C=N–C) groups is 1. The van der Waals surface area contributed by atoms with E-state index in [1.165, 1.54) is 0 Å². The van der Waals surface area contributed by atoms with Crippen LogP contribution in [-0.2, 0) is 0 Å². The predicted octanol–water partition coefficient (Wildman–Crippen LogP) is 4.10. The molecule has 1 heterocycles. The number of Topliss-reactive ketones (excluding diaryl/α,β-unsaturated/α-hetero) is 1. The minimum atomic E-state index is -0.0541. The van der Waals surface area contributed by atoms with Crippen LogP contribution in [0.15, 0.2) is 51.9 Å². The number of ketones is 1. The molecular weight excluding hydrogens is 304 g/mol. The molecule has 0 atom stereocenters. The molecule has 0 amide bonds. The lowest BCUT2D eigenvalue weighted by atomic mass is 10.1. The van der Waals surface area contributed by atoms with Crippen molar-refractivity contribution >= 4 is 38.9 Å². The third-order valence-corrected chi connectivity index (χ3v) is 3.48. The Morgan fingerprint density at radius 3 is 2.58 bits per heavy atom. The number of hydrogen-bond donors (Lipinski definition) is 1. The van der Waals surface area contributed by atoms with Crippen molar-refractivity contribution < 1.29 is 4.79 Å². The largest absolute Gasteiger partial charge is 0.337 e. The monoisotopic (exact) mass is 314 g/mol. The number of nitrogens with zero attached hydrogens (tertiary/aromatic N) is 1. The molecule has 0 spiro atoms. The molecule has 0 saturated heterocycles. The molecule has 0 bridgehead atoms. The number of halogens is 1. The SMILES string of the molecule is Cc1ccc2c(c1)C(=O)C(Nc1ccc(Br)cc1)=N2. The second-order valence-corrected chi connectivity index (χ2v) is 5.36. The topological polar surface area (TPSA) is 41.5 Å². The molecule has 94 valence electrons. The molecule has 0 aromatic heterocycles. The number of carbonyl (C=O) groups excluding carboxylic acids is 1. The second kappa shape index (κ2) is 4.63. The minimum Gasteiger partial charge on any atom is -0.337 e. The van der Waals surface area contributed by atoms with Gasteiger partial charge in [0.05, 0.1) is 11.3 Å². The third-order valence-electron chi connectivity index (χ3n) is 2.95. The van der Waals surface area contributed by atoms with Crippen LogP contribution in [0.1, 0.15) is 15.9 Å². The summed E-state index contributed by atoms with van der Waals surface area (Å²) in [5.74, 6) is 0.324. The lowest BCUT2D eigenvalue weighted by molar-refractivity contribution is 0.106. The van der Waals surface area contributed by atoms with Gasteiger partial charge in [0.15, 0.2) is 5.84 Å². The zero-order valence-corrected chi connectivity index (χ0v) is 11.9. The quantitative estimate of drug-likeness (QED) is 0.861. The summed E-state index contributed by atoms with van der Waals surface area (Å²) in [6, 6.07) is 13.3. The van der Waals surface area contributed by atoms with Gasteiger partial charge in [-0.2, -0.15) is 0 Å². The maximum absolute atomic E-state index is 12.2. The van der Waals surface area contributed by atoms with Crippen molar-refractivity contribution in [3.8, 4) is 0 Å². The number of rotatable bonds is 1. The first kappa shape index (κ1) is 12.1. The molecule has 19 heavy (non-hydrogen) atoms. The Bertz CT molecular complexity index is 690. The Morgan fingerprint density at radius 1 is 1.11 bits per heavy atom. The highest BCUT2D eigenvalue weighted by Crippen LogP contribution is 2.28. The normalized spacial score (nSPS) is 13.2. The van der Waals surface area contributed by atoms with E-state index in [0.717, 1.165) is 21.4 Å². The van der Waals surface area contributed by atoms with Gasteiger partial charge in [0, 0.05) is 10.2 Å². The van der Waals surface area contributed by atoms with Crippen LogP contribution in [0.3, 0.4) is 0 Å². The van der Waals surface area contributed by atoms with E-state index in [1.54, 1.807) is 0 Å². The van der Waals surface area contributed by atoms with E-state index in [1.807, 2.05) is 49.4 Å². The lowest BCUT2D eigenvalue weighted by Crippen LogP contribution is -2.19. The lowest BCUT2D eigenvalue weighted by Gasteiger charge is -2.04. The summed E-state index contributed by atoms with van der Waals surface area (Å²) in [6.45, 7) is 1.97. The molecule has 1 aliphatic heterocycles. The van der Waals surface area contributed by atoms with Crippen molar-refractivity contribution in [2.75, 3.05) is 5.32 Å². The Balaban J connectivity index is 1.89. The number of amidine groups is 1. The van der Waals surface area contributed by atoms with Crippen molar-refractivity contribution in [1.82, 2.24) is 0 Å². The summed E-state index contributed by atoms with van der Waals surface area (Å²) in [7, 11) is 0. The summed E-state index contributed by atoms with van der Waals surface area (Å²) in [5.41, 5.74) is 3.31. The molecule has 0 unspecified atom stereocenters. The number of nitrogens with one attached hydrogen (secondary N) is 1. The highest BCUT2D eigenvalue weighted by Gasteiger charge is 2.24. The third kappa shape index (κ3) is 2.31. The van der Waals surface area contributed by atoms with Crippen LogP contribution in [-0.4, -0.2) is 11.6 Å². The molecule has 0 saturated carbocycles. The van der Waals surface area contributed by atoms with E-state index in [4.69, 9.17) is 0 Å². The summed E-state index contributed by atoms with van der Waals surface area (Å²) in [5, 5.41) is 3.06. The van der Waals surface area contributed by atoms with E-state index in [2.05, 4.69) is 26.2 Å². The molecule has 2 aromatic rings. The number of hydrogen-bond acceptors (Lipinski definition) is 3. The molecule has 0 fully saturated rings. The summed E-state index contributed by atoms with van der Waals surface area (Å²) in [4.78, 5) is 16.6. The molecule has 3 nitrogen and oxygen atoms in total. The maximum atomic E-state index is 12.2. The fourth-order valence-electron chi connectivity index (χ4n) is 1.98. The fraction of sp³-hybridized carbons (Fsp3) is 0.0667. The van der Waals surface area contributed by atoms with Gasteiger partial charge in [-0.15, -0.1) is 0 Å². The number of anilines is 1. The Kier molecular flexibility index (Phi) is 2.95. The van der Waals surface area contributed by atoms with Crippen LogP contribution in [0, 0.1) is 6.92 Å².